The molecule has 2 aliphatic rings. The summed E-state index contributed by atoms with van der Waals surface area (Å²) in [6.07, 6.45) is 2.75. The zero-order valence-corrected chi connectivity index (χ0v) is 12.7. The second-order valence-electron chi connectivity index (χ2n) is 6.43. The number of ether oxygens (including phenoxy) is 1. The van der Waals surface area contributed by atoms with Gasteiger partial charge in [0, 0.05) is 31.9 Å². The van der Waals surface area contributed by atoms with Gasteiger partial charge >= 0.3 is 0 Å². The highest BCUT2D eigenvalue weighted by molar-refractivity contribution is 5.55. The first-order valence-corrected chi connectivity index (χ1v) is 7.85. The van der Waals surface area contributed by atoms with Crippen molar-refractivity contribution >= 4 is 5.69 Å². The molecule has 1 aromatic carbocycles. The van der Waals surface area contributed by atoms with Crippen molar-refractivity contribution in [3.05, 3.63) is 29.8 Å². The molecule has 0 spiro atoms. The highest BCUT2D eigenvalue weighted by Gasteiger charge is 2.23. The van der Waals surface area contributed by atoms with Crippen LogP contribution in [-0.2, 0) is 11.2 Å². The molecule has 1 unspecified atom stereocenters. The van der Waals surface area contributed by atoms with Crippen LogP contribution in [0.25, 0.3) is 0 Å². The quantitative estimate of drug-likeness (QED) is 0.842. The Hall–Kier alpha value is -1.06. The Kier molecular flexibility index (Phi) is 4.27. The van der Waals surface area contributed by atoms with E-state index in [1.54, 1.807) is 0 Å². The average Bonchev–Trinajstić information content (AvgIpc) is 2.44. The Morgan fingerprint density at radius 3 is 2.95 bits per heavy atom. The number of benzene rings is 1. The molecule has 0 aromatic heterocycles. The highest BCUT2D eigenvalue weighted by Crippen LogP contribution is 2.29. The summed E-state index contributed by atoms with van der Waals surface area (Å²) in [5.41, 5.74) is 2.95. The molecular formula is C17H26N2O. The third-order valence-electron chi connectivity index (χ3n) is 4.50. The van der Waals surface area contributed by atoms with Gasteiger partial charge in [0.1, 0.15) is 0 Å². The molecule has 1 saturated heterocycles. The summed E-state index contributed by atoms with van der Waals surface area (Å²) in [5.74, 6) is 0.750. The molecule has 20 heavy (non-hydrogen) atoms. The summed E-state index contributed by atoms with van der Waals surface area (Å²) < 4.78 is 5.89. The van der Waals surface area contributed by atoms with E-state index in [9.17, 15) is 0 Å². The van der Waals surface area contributed by atoms with Crippen LogP contribution < -0.4 is 4.90 Å². The molecule has 3 rings (SSSR count). The van der Waals surface area contributed by atoms with Gasteiger partial charge in [-0.2, -0.15) is 0 Å². The molecular weight excluding hydrogens is 248 g/mol. The van der Waals surface area contributed by atoms with Gasteiger partial charge < -0.3 is 14.5 Å². The van der Waals surface area contributed by atoms with Crippen LogP contribution in [0.15, 0.2) is 24.3 Å². The van der Waals surface area contributed by atoms with Crippen LogP contribution in [0.5, 0.6) is 0 Å². The number of nitrogens with zero attached hydrogens (tertiary/aromatic N) is 2. The van der Waals surface area contributed by atoms with E-state index in [4.69, 9.17) is 4.74 Å². The molecule has 0 bridgehead atoms. The van der Waals surface area contributed by atoms with Gasteiger partial charge in [0.2, 0.25) is 0 Å². The minimum Gasteiger partial charge on any atom is -0.375 e. The van der Waals surface area contributed by atoms with Crippen molar-refractivity contribution < 1.29 is 4.74 Å². The first kappa shape index (κ1) is 13.9. The van der Waals surface area contributed by atoms with E-state index in [0.29, 0.717) is 6.10 Å². The van der Waals surface area contributed by atoms with E-state index in [0.717, 1.165) is 38.6 Å². The largest absolute Gasteiger partial charge is 0.375 e. The number of rotatable bonds is 3. The lowest BCUT2D eigenvalue weighted by molar-refractivity contribution is -0.0221. The smallest absolute Gasteiger partial charge is 0.0719 e. The maximum Gasteiger partial charge on any atom is 0.0719 e. The van der Waals surface area contributed by atoms with E-state index in [1.165, 1.54) is 24.2 Å². The standard InChI is InChI=1S/C17H26N2O/c1-14-11-15-5-3-4-6-17(15)19(12-14)8-7-16-13-18(2)9-10-20-16/h3-6,14,16H,7-13H2,1-2H3/t14-,16?/m1/s1. The Balaban J connectivity index is 1.62. The molecule has 1 fully saturated rings. The third-order valence-corrected chi connectivity index (χ3v) is 4.50. The van der Waals surface area contributed by atoms with Gasteiger partial charge in [-0.25, -0.2) is 0 Å². The maximum atomic E-state index is 5.89. The fraction of sp³-hybridized carbons (Fsp3) is 0.647. The number of fused-ring (bicyclic) bond motifs is 1. The normalized spacial score (nSPS) is 27.4. The molecule has 3 heteroatoms. The fourth-order valence-corrected chi connectivity index (χ4v) is 3.46. The van der Waals surface area contributed by atoms with Crippen molar-refractivity contribution in [1.29, 1.82) is 0 Å². The first-order chi connectivity index (χ1) is 9.72. The van der Waals surface area contributed by atoms with E-state index < -0.39 is 0 Å². The lowest BCUT2D eigenvalue weighted by Crippen LogP contribution is -2.43. The molecule has 0 saturated carbocycles. The molecule has 0 N–H and O–H groups in total. The van der Waals surface area contributed by atoms with E-state index in [-0.39, 0.29) is 0 Å². The van der Waals surface area contributed by atoms with Crippen molar-refractivity contribution in [3.8, 4) is 0 Å². The summed E-state index contributed by atoms with van der Waals surface area (Å²) in [4.78, 5) is 4.93. The number of para-hydroxylation sites is 1. The van der Waals surface area contributed by atoms with Crippen LogP contribution in [-0.4, -0.2) is 50.8 Å². The topological polar surface area (TPSA) is 15.7 Å². The molecule has 0 aliphatic carbocycles. The summed E-state index contributed by atoms with van der Waals surface area (Å²) >= 11 is 0. The third kappa shape index (κ3) is 3.15. The molecule has 0 radical (unpaired) electrons. The molecule has 110 valence electrons. The molecule has 1 aromatic rings. The van der Waals surface area contributed by atoms with E-state index >= 15 is 0 Å². The summed E-state index contributed by atoms with van der Waals surface area (Å²) in [5, 5.41) is 0. The number of hydrogen-bond donors (Lipinski definition) is 0. The molecule has 2 atom stereocenters. The van der Waals surface area contributed by atoms with Crippen molar-refractivity contribution in [2.45, 2.75) is 25.9 Å². The maximum absolute atomic E-state index is 5.89. The minimum absolute atomic E-state index is 0.401. The number of morpholine rings is 1. The molecule has 3 nitrogen and oxygen atoms in total. The minimum atomic E-state index is 0.401. The average molecular weight is 274 g/mol. The molecule has 0 amide bonds. The van der Waals surface area contributed by atoms with Crippen LogP contribution >= 0.6 is 0 Å². The predicted molar refractivity (Wildman–Crippen MR) is 83.4 cm³/mol. The zero-order chi connectivity index (χ0) is 13.9. The van der Waals surface area contributed by atoms with Crippen molar-refractivity contribution in [2.75, 3.05) is 44.7 Å². The summed E-state index contributed by atoms with van der Waals surface area (Å²) in [6.45, 7) is 7.67. The van der Waals surface area contributed by atoms with Gasteiger partial charge in [-0.1, -0.05) is 25.1 Å². The van der Waals surface area contributed by atoms with Crippen LogP contribution in [0.4, 0.5) is 5.69 Å². The van der Waals surface area contributed by atoms with Gasteiger partial charge in [0.25, 0.3) is 0 Å². The van der Waals surface area contributed by atoms with Crippen molar-refractivity contribution in [3.63, 3.8) is 0 Å². The van der Waals surface area contributed by atoms with Crippen LogP contribution in [0, 0.1) is 5.92 Å². The van der Waals surface area contributed by atoms with Crippen LogP contribution in [0.2, 0.25) is 0 Å². The Morgan fingerprint density at radius 1 is 1.25 bits per heavy atom. The lowest BCUT2D eigenvalue weighted by atomic mass is 9.93. The van der Waals surface area contributed by atoms with Crippen LogP contribution in [0.1, 0.15) is 18.9 Å². The van der Waals surface area contributed by atoms with Gasteiger partial charge in [-0.3, -0.25) is 0 Å². The number of likely N-dealkylation sites (N-methyl/N-ethyl adjacent to an activating group) is 1. The van der Waals surface area contributed by atoms with Gasteiger partial charge in [-0.05, 0) is 37.4 Å². The number of anilines is 1. The summed E-state index contributed by atoms with van der Waals surface area (Å²) in [7, 11) is 2.19. The second kappa shape index (κ2) is 6.15. The van der Waals surface area contributed by atoms with Gasteiger partial charge in [0.15, 0.2) is 0 Å². The zero-order valence-electron chi connectivity index (χ0n) is 12.7. The monoisotopic (exact) mass is 274 g/mol. The van der Waals surface area contributed by atoms with E-state index in [1.807, 2.05) is 0 Å². The Labute approximate surface area is 122 Å². The predicted octanol–water partition coefficient (Wildman–Crippen LogP) is 2.41. The van der Waals surface area contributed by atoms with Gasteiger partial charge in [0.05, 0.1) is 12.7 Å². The molecule has 2 aliphatic heterocycles. The van der Waals surface area contributed by atoms with E-state index in [2.05, 4.69) is 48.0 Å². The lowest BCUT2D eigenvalue weighted by Gasteiger charge is -2.37. The van der Waals surface area contributed by atoms with Crippen molar-refractivity contribution in [2.24, 2.45) is 5.92 Å². The Bertz CT molecular complexity index is 448. The second-order valence-corrected chi connectivity index (χ2v) is 6.43. The fourth-order valence-electron chi connectivity index (χ4n) is 3.46. The first-order valence-electron chi connectivity index (χ1n) is 7.85. The van der Waals surface area contributed by atoms with Gasteiger partial charge in [-0.15, -0.1) is 0 Å². The van der Waals surface area contributed by atoms with Crippen molar-refractivity contribution in [1.82, 2.24) is 4.90 Å². The van der Waals surface area contributed by atoms with Crippen LogP contribution in [0.3, 0.4) is 0 Å². The number of hydrogen-bond acceptors (Lipinski definition) is 3. The molecule has 2 heterocycles. The SMILES string of the molecule is C[C@@H]1Cc2ccccc2N(CCC2CN(C)CCO2)C1. The Morgan fingerprint density at radius 2 is 2.10 bits per heavy atom. The summed E-state index contributed by atoms with van der Waals surface area (Å²) in [6, 6.07) is 8.87. The highest BCUT2D eigenvalue weighted by atomic mass is 16.5.